The first-order valence-corrected chi connectivity index (χ1v) is 8.59. The minimum atomic E-state index is -1.07. The molecule has 0 unspecified atom stereocenters. The molecule has 3 rings (SSSR count). The Morgan fingerprint density at radius 3 is 2.31 bits per heavy atom. The molecular weight excluding hydrogens is 382 g/mol. The third-order valence-corrected chi connectivity index (χ3v) is 3.73. The Labute approximate surface area is 164 Å². The van der Waals surface area contributed by atoms with Gasteiger partial charge >= 0.3 is 5.97 Å². The molecule has 148 valence electrons. The van der Waals surface area contributed by atoms with Gasteiger partial charge in [0.15, 0.2) is 11.6 Å². The van der Waals surface area contributed by atoms with E-state index < -0.39 is 23.5 Å². The number of nitrogens with zero attached hydrogens (tertiary/aromatic N) is 2. The maximum absolute atomic E-state index is 13.2. The number of hydrogen-bond donors (Lipinski definition) is 2. The van der Waals surface area contributed by atoms with E-state index in [0.29, 0.717) is 23.7 Å². The van der Waals surface area contributed by atoms with Crippen molar-refractivity contribution in [1.82, 2.24) is 9.97 Å². The Hall–Kier alpha value is -3.88. The molecule has 0 saturated carbocycles. The topological polar surface area (TPSA) is 93.2 Å². The van der Waals surface area contributed by atoms with E-state index in [1.54, 1.807) is 31.2 Å². The Bertz CT molecular complexity index is 1020. The standard InChI is InChI=1S/C20H16F2N4O3/c1-2-29-20(28)12-3-5-13(6-4-12)25-18-11-23-17(10-24-18)19(27)26-14-7-8-15(21)16(22)9-14/h3-11H,2H2,1H3,(H,24,25)(H,26,27). The molecule has 3 aromatic rings. The number of benzene rings is 2. The SMILES string of the molecule is CCOC(=O)c1ccc(Nc2cnc(C(=O)Nc3ccc(F)c(F)c3)cn2)cc1. The molecule has 0 aliphatic heterocycles. The molecule has 0 spiro atoms. The van der Waals surface area contributed by atoms with Gasteiger partial charge < -0.3 is 15.4 Å². The Morgan fingerprint density at radius 2 is 1.69 bits per heavy atom. The maximum atomic E-state index is 13.2. The first-order valence-electron chi connectivity index (χ1n) is 8.59. The van der Waals surface area contributed by atoms with Gasteiger partial charge in [0.05, 0.1) is 24.6 Å². The molecule has 9 heteroatoms. The average Bonchev–Trinajstić information content (AvgIpc) is 2.72. The van der Waals surface area contributed by atoms with E-state index >= 15 is 0 Å². The van der Waals surface area contributed by atoms with Gasteiger partial charge in [-0.25, -0.2) is 23.5 Å². The van der Waals surface area contributed by atoms with Crippen molar-refractivity contribution < 1.29 is 23.1 Å². The summed E-state index contributed by atoms with van der Waals surface area (Å²) in [6.07, 6.45) is 2.59. The van der Waals surface area contributed by atoms with Gasteiger partial charge in [0.25, 0.3) is 5.91 Å². The molecule has 0 aliphatic rings. The van der Waals surface area contributed by atoms with Crippen LogP contribution >= 0.6 is 0 Å². The van der Waals surface area contributed by atoms with Gasteiger partial charge in [-0.2, -0.15) is 0 Å². The van der Waals surface area contributed by atoms with Crippen molar-refractivity contribution in [1.29, 1.82) is 0 Å². The molecule has 0 radical (unpaired) electrons. The molecule has 2 aromatic carbocycles. The number of ether oxygens (including phenoxy) is 1. The monoisotopic (exact) mass is 398 g/mol. The largest absolute Gasteiger partial charge is 0.462 e. The van der Waals surface area contributed by atoms with Crippen LogP contribution < -0.4 is 10.6 Å². The fourth-order valence-electron chi connectivity index (χ4n) is 2.33. The number of anilines is 3. The van der Waals surface area contributed by atoms with E-state index in [4.69, 9.17) is 4.74 Å². The number of esters is 1. The molecule has 0 bridgehead atoms. The van der Waals surface area contributed by atoms with Crippen LogP contribution in [-0.2, 0) is 4.74 Å². The van der Waals surface area contributed by atoms with E-state index in [1.807, 2.05) is 0 Å². The normalized spacial score (nSPS) is 10.3. The lowest BCUT2D eigenvalue weighted by atomic mass is 10.2. The number of nitrogens with one attached hydrogen (secondary N) is 2. The van der Waals surface area contributed by atoms with Gasteiger partial charge in [-0.3, -0.25) is 4.79 Å². The number of carbonyl (C=O) groups is 2. The first kappa shape index (κ1) is 19.9. The van der Waals surface area contributed by atoms with Crippen LogP contribution in [0.3, 0.4) is 0 Å². The number of rotatable bonds is 6. The maximum Gasteiger partial charge on any atom is 0.338 e. The minimum absolute atomic E-state index is 0.00191. The summed E-state index contributed by atoms with van der Waals surface area (Å²) in [5, 5.41) is 5.39. The fraction of sp³-hybridized carbons (Fsp3) is 0.100. The summed E-state index contributed by atoms with van der Waals surface area (Å²) in [7, 11) is 0. The molecule has 0 fully saturated rings. The fourth-order valence-corrected chi connectivity index (χ4v) is 2.33. The summed E-state index contributed by atoms with van der Waals surface area (Å²) in [6, 6.07) is 9.59. The lowest BCUT2D eigenvalue weighted by Gasteiger charge is -2.08. The molecule has 29 heavy (non-hydrogen) atoms. The van der Waals surface area contributed by atoms with Crippen LogP contribution in [0.25, 0.3) is 0 Å². The summed E-state index contributed by atoms with van der Waals surface area (Å²) >= 11 is 0. The molecule has 7 nitrogen and oxygen atoms in total. The number of carbonyl (C=O) groups excluding carboxylic acids is 2. The predicted octanol–water partition coefficient (Wildman–Crippen LogP) is 3.93. The van der Waals surface area contributed by atoms with Gasteiger partial charge in [-0.05, 0) is 43.3 Å². The van der Waals surface area contributed by atoms with Gasteiger partial charge in [-0.15, -0.1) is 0 Å². The predicted molar refractivity (Wildman–Crippen MR) is 102 cm³/mol. The highest BCUT2D eigenvalue weighted by atomic mass is 19.2. The third kappa shape index (κ3) is 5.10. The minimum Gasteiger partial charge on any atom is -0.462 e. The van der Waals surface area contributed by atoms with Gasteiger partial charge in [-0.1, -0.05) is 0 Å². The van der Waals surface area contributed by atoms with Crippen molar-refractivity contribution in [2.24, 2.45) is 0 Å². The highest BCUT2D eigenvalue weighted by Crippen LogP contribution is 2.16. The van der Waals surface area contributed by atoms with Crippen molar-refractivity contribution in [3.8, 4) is 0 Å². The average molecular weight is 398 g/mol. The second kappa shape index (κ2) is 8.87. The highest BCUT2D eigenvalue weighted by molar-refractivity contribution is 6.02. The van der Waals surface area contributed by atoms with Crippen LogP contribution in [0.4, 0.5) is 26.0 Å². The van der Waals surface area contributed by atoms with Crippen molar-refractivity contribution >= 4 is 29.1 Å². The smallest absolute Gasteiger partial charge is 0.338 e. The summed E-state index contributed by atoms with van der Waals surface area (Å²) in [4.78, 5) is 31.9. The molecule has 1 heterocycles. The van der Waals surface area contributed by atoms with E-state index in [9.17, 15) is 18.4 Å². The van der Waals surface area contributed by atoms with Crippen LogP contribution in [-0.4, -0.2) is 28.5 Å². The molecule has 0 atom stereocenters. The van der Waals surface area contributed by atoms with Crippen molar-refractivity contribution in [2.75, 3.05) is 17.2 Å². The summed E-state index contributed by atoms with van der Waals surface area (Å²) < 4.78 is 31.1. The van der Waals surface area contributed by atoms with Crippen LogP contribution in [0.15, 0.2) is 54.9 Å². The lowest BCUT2D eigenvalue weighted by molar-refractivity contribution is 0.0526. The Balaban J connectivity index is 1.63. The van der Waals surface area contributed by atoms with Crippen LogP contribution in [0.2, 0.25) is 0 Å². The van der Waals surface area contributed by atoms with Crippen LogP contribution in [0, 0.1) is 11.6 Å². The third-order valence-electron chi connectivity index (χ3n) is 3.73. The molecule has 0 saturated heterocycles. The molecule has 2 N–H and O–H groups in total. The quantitative estimate of drug-likeness (QED) is 0.611. The van der Waals surface area contributed by atoms with E-state index in [0.717, 1.165) is 12.1 Å². The number of halogens is 2. The van der Waals surface area contributed by atoms with E-state index in [1.165, 1.54) is 18.5 Å². The van der Waals surface area contributed by atoms with Gasteiger partial charge in [0.2, 0.25) is 0 Å². The van der Waals surface area contributed by atoms with Gasteiger partial charge in [0.1, 0.15) is 11.5 Å². The zero-order chi connectivity index (χ0) is 20.8. The lowest BCUT2D eigenvalue weighted by Crippen LogP contribution is -2.14. The first-order chi connectivity index (χ1) is 14.0. The Kier molecular flexibility index (Phi) is 6.08. The van der Waals surface area contributed by atoms with Gasteiger partial charge in [0, 0.05) is 17.4 Å². The highest BCUT2D eigenvalue weighted by Gasteiger charge is 2.11. The summed E-state index contributed by atoms with van der Waals surface area (Å²) in [5.41, 5.74) is 1.18. The van der Waals surface area contributed by atoms with Crippen molar-refractivity contribution in [3.63, 3.8) is 0 Å². The number of hydrogen-bond acceptors (Lipinski definition) is 6. The molecule has 1 amide bonds. The zero-order valence-corrected chi connectivity index (χ0v) is 15.3. The van der Waals surface area contributed by atoms with Crippen molar-refractivity contribution in [2.45, 2.75) is 6.92 Å². The Morgan fingerprint density at radius 1 is 0.966 bits per heavy atom. The summed E-state index contributed by atoms with van der Waals surface area (Å²) in [6.45, 7) is 2.03. The van der Waals surface area contributed by atoms with Crippen LogP contribution in [0.1, 0.15) is 27.8 Å². The molecular formula is C20H16F2N4O3. The van der Waals surface area contributed by atoms with Crippen LogP contribution in [0.5, 0.6) is 0 Å². The zero-order valence-electron chi connectivity index (χ0n) is 15.3. The second-order valence-electron chi connectivity index (χ2n) is 5.79. The number of amides is 1. The summed E-state index contributed by atoms with van der Waals surface area (Å²) in [5.74, 6) is -2.72. The number of aromatic nitrogens is 2. The van der Waals surface area contributed by atoms with E-state index in [2.05, 4.69) is 20.6 Å². The molecule has 1 aromatic heterocycles. The van der Waals surface area contributed by atoms with Crippen molar-refractivity contribution in [3.05, 3.63) is 77.8 Å². The van der Waals surface area contributed by atoms with E-state index in [-0.39, 0.29) is 11.4 Å². The molecule has 0 aliphatic carbocycles. The second-order valence-corrected chi connectivity index (χ2v) is 5.79.